The lowest BCUT2D eigenvalue weighted by Crippen LogP contribution is -2.20. The molecule has 1 aliphatic carbocycles. The maximum absolute atomic E-state index is 12.6. The molecule has 0 heterocycles. The van der Waals surface area contributed by atoms with Crippen LogP contribution in [0.25, 0.3) is 11.1 Å². The Morgan fingerprint density at radius 2 is 1.77 bits per heavy atom. The fourth-order valence-electron chi connectivity index (χ4n) is 3.55. The third kappa shape index (κ3) is 3.57. The molecule has 0 unspecified atom stereocenters. The van der Waals surface area contributed by atoms with E-state index in [0.717, 1.165) is 23.6 Å². The van der Waals surface area contributed by atoms with E-state index in [0.29, 0.717) is 11.3 Å². The van der Waals surface area contributed by atoms with Gasteiger partial charge in [0.2, 0.25) is 0 Å². The largest absolute Gasteiger partial charge is 0.276 e. The van der Waals surface area contributed by atoms with Gasteiger partial charge in [-0.25, -0.2) is 0 Å². The van der Waals surface area contributed by atoms with Crippen LogP contribution in [0, 0.1) is 17.0 Å². The van der Waals surface area contributed by atoms with Gasteiger partial charge in [0.25, 0.3) is 15.7 Å². The van der Waals surface area contributed by atoms with Gasteiger partial charge in [0, 0.05) is 11.6 Å². The normalized spacial score (nSPS) is 12.9. The molecular formula is C22H19N3O4S. The van der Waals surface area contributed by atoms with E-state index in [9.17, 15) is 18.5 Å². The summed E-state index contributed by atoms with van der Waals surface area (Å²) in [6.07, 6.45) is 0.876. The second-order valence-electron chi connectivity index (χ2n) is 7.20. The standard InChI is InChI=1S/C22H19N3O4S/c1-14-7-10-19(13-22(14)25(26)27)30(28,29)24-23-15(2)16-8-9-18-11-17-5-3-4-6-20(17)21(18)12-16/h3-10,12-13,24H,11H2,1-2H3/b23-15-. The van der Waals surface area contributed by atoms with Crippen molar-refractivity contribution < 1.29 is 13.3 Å². The molecule has 8 heteroatoms. The number of hydrazone groups is 1. The summed E-state index contributed by atoms with van der Waals surface area (Å²) in [4.78, 5) is 12.5. The van der Waals surface area contributed by atoms with Gasteiger partial charge in [-0.2, -0.15) is 18.4 Å². The third-order valence-corrected chi connectivity index (χ3v) is 6.44. The number of hydrogen-bond acceptors (Lipinski definition) is 5. The summed E-state index contributed by atoms with van der Waals surface area (Å²) in [5, 5.41) is 15.1. The van der Waals surface area contributed by atoms with Gasteiger partial charge in [0.05, 0.1) is 15.5 Å². The second-order valence-corrected chi connectivity index (χ2v) is 8.86. The molecule has 4 rings (SSSR count). The average molecular weight is 421 g/mol. The Balaban J connectivity index is 1.61. The number of fused-ring (bicyclic) bond motifs is 3. The molecule has 3 aromatic carbocycles. The molecule has 1 N–H and O–H groups in total. The molecule has 3 aromatic rings. The van der Waals surface area contributed by atoms with Crippen LogP contribution in [0.1, 0.15) is 29.2 Å². The predicted molar refractivity (Wildman–Crippen MR) is 115 cm³/mol. The van der Waals surface area contributed by atoms with Crippen molar-refractivity contribution in [2.24, 2.45) is 5.10 Å². The van der Waals surface area contributed by atoms with Crippen molar-refractivity contribution in [2.75, 3.05) is 0 Å². The molecule has 0 spiro atoms. The number of nitrogens with one attached hydrogen (secondary N) is 1. The molecule has 1 aliphatic rings. The third-order valence-electron chi connectivity index (χ3n) is 5.24. The zero-order chi connectivity index (χ0) is 21.5. The Morgan fingerprint density at radius 3 is 2.53 bits per heavy atom. The van der Waals surface area contributed by atoms with E-state index in [1.165, 1.54) is 28.8 Å². The molecule has 0 bridgehead atoms. The summed E-state index contributed by atoms with van der Waals surface area (Å²) in [6.45, 7) is 3.26. The maximum Gasteiger partial charge on any atom is 0.276 e. The van der Waals surface area contributed by atoms with Crippen LogP contribution >= 0.6 is 0 Å². The van der Waals surface area contributed by atoms with E-state index in [-0.39, 0.29) is 10.6 Å². The van der Waals surface area contributed by atoms with E-state index in [4.69, 9.17) is 0 Å². The van der Waals surface area contributed by atoms with Crippen molar-refractivity contribution in [1.82, 2.24) is 4.83 Å². The molecule has 0 aliphatic heterocycles. The first-order valence-corrected chi connectivity index (χ1v) is 10.8. The van der Waals surface area contributed by atoms with E-state index in [2.05, 4.69) is 22.1 Å². The van der Waals surface area contributed by atoms with Gasteiger partial charge in [-0.05, 0) is 60.2 Å². The quantitative estimate of drug-likeness (QED) is 0.297. The first kappa shape index (κ1) is 19.8. The Bertz CT molecular complexity index is 1310. The van der Waals surface area contributed by atoms with E-state index < -0.39 is 14.9 Å². The highest BCUT2D eigenvalue weighted by atomic mass is 32.2. The Hall–Kier alpha value is -3.52. The summed E-state index contributed by atoms with van der Waals surface area (Å²) in [5.74, 6) is 0. The minimum absolute atomic E-state index is 0.209. The number of benzene rings is 3. The molecule has 0 saturated heterocycles. The molecule has 0 fully saturated rings. The van der Waals surface area contributed by atoms with E-state index >= 15 is 0 Å². The number of hydrogen-bond donors (Lipinski definition) is 1. The lowest BCUT2D eigenvalue weighted by Gasteiger charge is -2.08. The van der Waals surface area contributed by atoms with Crippen molar-refractivity contribution in [1.29, 1.82) is 0 Å². The van der Waals surface area contributed by atoms with Crippen LogP contribution in [-0.2, 0) is 16.4 Å². The highest BCUT2D eigenvalue weighted by Gasteiger charge is 2.21. The molecule has 0 radical (unpaired) electrons. The van der Waals surface area contributed by atoms with Crippen LogP contribution in [0.3, 0.4) is 0 Å². The Labute approximate surface area is 174 Å². The topological polar surface area (TPSA) is 102 Å². The zero-order valence-electron chi connectivity index (χ0n) is 16.4. The maximum atomic E-state index is 12.6. The van der Waals surface area contributed by atoms with Crippen LogP contribution in [0.15, 0.2) is 70.7 Å². The summed E-state index contributed by atoms with van der Waals surface area (Å²) < 4.78 is 25.1. The highest BCUT2D eigenvalue weighted by molar-refractivity contribution is 7.89. The Morgan fingerprint density at radius 1 is 1.03 bits per heavy atom. The van der Waals surface area contributed by atoms with Crippen LogP contribution in [-0.4, -0.2) is 19.1 Å². The summed E-state index contributed by atoms with van der Waals surface area (Å²) in [5.41, 5.74) is 6.20. The number of nitrogens with zero attached hydrogens (tertiary/aromatic N) is 2. The molecule has 30 heavy (non-hydrogen) atoms. The number of aryl methyl sites for hydroxylation is 1. The molecule has 0 atom stereocenters. The van der Waals surface area contributed by atoms with Crippen LogP contribution in [0.5, 0.6) is 0 Å². The van der Waals surface area contributed by atoms with Gasteiger partial charge in [-0.3, -0.25) is 10.1 Å². The molecule has 7 nitrogen and oxygen atoms in total. The second kappa shape index (κ2) is 7.38. The summed E-state index contributed by atoms with van der Waals surface area (Å²) >= 11 is 0. The highest BCUT2D eigenvalue weighted by Crippen LogP contribution is 2.36. The molecule has 0 saturated carbocycles. The first-order chi connectivity index (χ1) is 14.3. The van der Waals surface area contributed by atoms with Crippen LogP contribution in [0.2, 0.25) is 0 Å². The lowest BCUT2D eigenvalue weighted by atomic mass is 10.0. The van der Waals surface area contributed by atoms with Crippen LogP contribution in [0.4, 0.5) is 5.69 Å². The SMILES string of the molecule is C/C(=N/NS(=O)(=O)c1ccc(C)c([N+](=O)[O-])c1)c1ccc2c(c1)-c1ccccc1C2. The number of nitro benzene ring substituents is 1. The van der Waals surface area contributed by atoms with Crippen molar-refractivity contribution in [3.8, 4) is 11.1 Å². The molecular weight excluding hydrogens is 402 g/mol. The van der Waals surface area contributed by atoms with Crippen molar-refractivity contribution in [3.05, 3.63) is 93.0 Å². The van der Waals surface area contributed by atoms with Gasteiger partial charge in [-0.15, -0.1) is 0 Å². The first-order valence-electron chi connectivity index (χ1n) is 9.29. The fraction of sp³-hybridized carbons (Fsp3) is 0.136. The summed E-state index contributed by atoms with van der Waals surface area (Å²) in [7, 11) is -4.04. The van der Waals surface area contributed by atoms with Gasteiger partial charge in [0.1, 0.15) is 0 Å². The van der Waals surface area contributed by atoms with Crippen molar-refractivity contribution in [3.63, 3.8) is 0 Å². The predicted octanol–water partition coefficient (Wildman–Crippen LogP) is 4.18. The molecule has 152 valence electrons. The van der Waals surface area contributed by atoms with Crippen molar-refractivity contribution in [2.45, 2.75) is 25.2 Å². The van der Waals surface area contributed by atoms with Gasteiger partial charge < -0.3 is 0 Å². The smallest absolute Gasteiger partial charge is 0.258 e. The van der Waals surface area contributed by atoms with Crippen LogP contribution < -0.4 is 4.83 Å². The average Bonchev–Trinajstić information content (AvgIpc) is 3.10. The zero-order valence-corrected chi connectivity index (χ0v) is 17.2. The lowest BCUT2D eigenvalue weighted by molar-refractivity contribution is -0.385. The minimum atomic E-state index is -4.04. The number of nitro groups is 1. The van der Waals surface area contributed by atoms with Gasteiger partial charge >= 0.3 is 0 Å². The number of sulfonamides is 1. The van der Waals surface area contributed by atoms with E-state index in [1.54, 1.807) is 13.8 Å². The van der Waals surface area contributed by atoms with E-state index in [1.807, 2.05) is 30.3 Å². The van der Waals surface area contributed by atoms with Gasteiger partial charge in [0.15, 0.2) is 0 Å². The monoisotopic (exact) mass is 421 g/mol. The van der Waals surface area contributed by atoms with Crippen molar-refractivity contribution >= 4 is 21.4 Å². The molecule has 0 aromatic heterocycles. The van der Waals surface area contributed by atoms with Gasteiger partial charge in [-0.1, -0.05) is 42.5 Å². The Kier molecular flexibility index (Phi) is 4.87. The fourth-order valence-corrected chi connectivity index (χ4v) is 4.42. The number of rotatable bonds is 5. The molecule has 0 amide bonds. The summed E-state index contributed by atoms with van der Waals surface area (Å²) in [6, 6.07) is 17.9. The minimum Gasteiger partial charge on any atom is -0.258 e.